The minimum Gasteiger partial charge on any atom is -0.349 e. The number of amides is 3. The first-order chi connectivity index (χ1) is 13.5. The lowest BCUT2D eigenvalue weighted by Gasteiger charge is -2.16. The highest BCUT2D eigenvalue weighted by Gasteiger charge is 2.21. The smallest absolute Gasteiger partial charge is 0.313 e. The molecule has 1 aliphatic carbocycles. The largest absolute Gasteiger partial charge is 0.349 e. The number of anilines is 1. The van der Waals surface area contributed by atoms with Crippen molar-refractivity contribution < 1.29 is 14.4 Å². The lowest BCUT2D eigenvalue weighted by atomic mass is 9.99. The lowest BCUT2D eigenvalue weighted by molar-refractivity contribution is -0.136. The molecule has 0 aliphatic heterocycles. The first-order valence-corrected chi connectivity index (χ1v) is 10.5. The average molecular weight is 388 g/mol. The van der Waals surface area contributed by atoms with Gasteiger partial charge in [-0.2, -0.15) is 0 Å². The Bertz CT molecular complexity index is 669. The van der Waals surface area contributed by atoms with Crippen molar-refractivity contribution >= 4 is 23.4 Å². The third-order valence-corrected chi connectivity index (χ3v) is 5.41. The molecule has 6 heteroatoms. The topological polar surface area (TPSA) is 87.3 Å². The Morgan fingerprint density at radius 1 is 1.07 bits per heavy atom. The molecule has 0 aromatic heterocycles. The van der Waals surface area contributed by atoms with E-state index in [0.717, 1.165) is 51.4 Å². The van der Waals surface area contributed by atoms with Crippen LogP contribution in [0.25, 0.3) is 0 Å². The average Bonchev–Trinajstić information content (AvgIpc) is 3.21. The van der Waals surface area contributed by atoms with Gasteiger partial charge in [0.1, 0.15) is 0 Å². The maximum Gasteiger partial charge on any atom is 0.313 e. The number of para-hydroxylation sites is 1. The van der Waals surface area contributed by atoms with Crippen molar-refractivity contribution in [2.24, 2.45) is 5.92 Å². The second-order valence-corrected chi connectivity index (χ2v) is 7.58. The van der Waals surface area contributed by atoms with Crippen LogP contribution in [0.15, 0.2) is 24.3 Å². The molecule has 1 saturated carbocycles. The van der Waals surface area contributed by atoms with Crippen molar-refractivity contribution in [3.63, 3.8) is 0 Å². The first kappa shape index (κ1) is 21.9. The second kappa shape index (κ2) is 11.5. The standard InChI is InChI=1S/C22H33N3O3/c1-3-5-10-16(4-2)15-23-21(27)22(28)25-19-14-9-8-13-18(19)20(26)24-17-11-6-7-12-17/h8-9,13-14,16-17H,3-7,10-12,15H2,1-2H3,(H,23,27)(H,24,26)(H,25,28)/t16-/m1/s1. The fraction of sp³-hybridized carbons (Fsp3) is 0.591. The van der Waals surface area contributed by atoms with Gasteiger partial charge in [0.05, 0.1) is 11.3 Å². The molecule has 6 nitrogen and oxygen atoms in total. The van der Waals surface area contributed by atoms with Gasteiger partial charge in [-0.3, -0.25) is 14.4 Å². The third-order valence-electron chi connectivity index (χ3n) is 5.41. The van der Waals surface area contributed by atoms with Gasteiger partial charge < -0.3 is 16.0 Å². The van der Waals surface area contributed by atoms with Crippen molar-refractivity contribution in [2.75, 3.05) is 11.9 Å². The van der Waals surface area contributed by atoms with Crippen molar-refractivity contribution in [3.8, 4) is 0 Å². The summed E-state index contributed by atoms with van der Waals surface area (Å²) >= 11 is 0. The summed E-state index contributed by atoms with van der Waals surface area (Å²) in [4.78, 5) is 37.0. The zero-order valence-electron chi connectivity index (χ0n) is 17.1. The molecule has 1 atom stereocenters. The number of carbonyl (C=O) groups excluding carboxylic acids is 3. The van der Waals surface area contributed by atoms with E-state index in [-0.39, 0.29) is 11.9 Å². The van der Waals surface area contributed by atoms with E-state index in [2.05, 4.69) is 29.8 Å². The minimum absolute atomic E-state index is 0.189. The van der Waals surface area contributed by atoms with E-state index in [1.807, 2.05) is 0 Å². The molecule has 3 amide bonds. The van der Waals surface area contributed by atoms with Crippen molar-refractivity contribution in [2.45, 2.75) is 71.3 Å². The first-order valence-electron chi connectivity index (χ1n) is 10.5. The summed E-state index contributed by atoms with van der Waals surface area (Å²) in [7, 11) is 0. The Kier molecular flexibility index (Phi) is 8.98. The zero-order valence-corrected chi connectivity index (χ0v) is 17.1. The van der Waals surface area contributed by atoms with Crippen LogP contribution < -0.4 is 16.0 Å². The summed E-state index contributed by atoms with van der Waals surface area (Å²) in [5, 5.41) is 8.32. The maximum atomic E-state index is 12.6. The molecule has 1 aromatic rings. The Morgan fingerprint density at radius 3 is 2.46 bits per heavy atom. The van der Waals surface area contributed by atoms with Gasteiger partial charge in [0.2, 0.25) is 0 Å². The number of unbranched alkanes of at least 4 members (excludes halogenated alkanes) is 1. The highest BCUT2D eigenvalue weighted by atomic mass is 16.2. The van der Waals surface area contributed by atoms with E-state index < -0.39 is 11.8 Å². The van der Waals surface area contributed by atoms with E-state index in [0.29, 0.717) is 23.7 Å². The summed E-state index contributed by atoms with van der Waals surface area (Å²) in [5.74, 6) is -1.25. The number of nitrogens with one attached hydrogen (secondary N) is 3. The molecule has 154 valence electrons. The predicted molar refractivity (Wildman–Crippen MR) is 111 cm³/mol. The monoisotopic (exact) mass is 387 g/mol. The van der Waals surface area contributed by atoms with E-state index in [1.165, 1.54) is 0 Å². The maximum absolute atomic E-state index is 12.6. The number of hydrogen-bond donors (Lipinski definition) is 3. The molecule has 0 saturated heterocycles. The summed E-state index contributed by atoms with van der Waals surface area (Å²) in [6.45, 7) is 4.72. The number of hydrogen-bond acceptors (Lipinski definition) is 3. The van der Waals surface area contributed by atoms with Gasteiger partial charge in [0, 0.05) is 12.6 Å². The van der Waals surface area contributed by atoms with Gasteiger partial charge in [0.15, 0.2) is 0 Å². The molecule has 0 radical (unpaired) electrons. The van der Waals surface area contributed by atoms with Gasteiger partial charge in [-0.25, -0.2) is 0 Å². The summed E-state index contributed by atoms with van der Waals surface area (Å²) in [5.41, 5.74) is 0.737. The van der Waals surface area contributed by atoms with E-state index in [1.54, 1.807) is 24.3 Å². The van der Waals surface area contributed by atoms with E-state index in [4.69, 9.17) is 0 Å². The van der Waals surface area contributed by atoms with Crippen LogP contribution in [-0.2, 0) is 9.59 Å². The van der Waals surface area contributed by atoms with Gasteiger partial charge in [0.25, 0.3) is 5.91 Å². The van der Waals surface area contributed by atoms with Crippen LogP contribution in [0.1, 0.15) is 75.6 Å². The molecule has 1 fully saturated rings. The van der Waals surface area contributed by atoms with Gasteiger partial charge >= 0.3 is 11.8 Å². The molecule has 1 aromatic carbocycles. The van der Waals surface area contributed by atoms with E-state index in [9.17, 15) is 14.4 Å². The quantitative estimate of drug-likeness (QED) is 0.566. The second-order valence-electron chi connectivity index (χ2n) is 7.58. The Labute approximate surface area is 167 Å². The van der Waals surface area contributed by atoms with Crippen LogP contribution in [-0.4, -0.2) is 30.3 Å². The number of benzene rings is 1. The fourth-order valence-electron chi connectivity index (χ4n) is 3.56. The highest BCUT2D eigenvalue weighted by Crippen LogP contribution is 2.20. The Balaban J connectivity index is 1.92. The van der Waals surface area contributed by atoms with Gasteiger partial charge in [-0.05, 0) is 37.3 Å². The molecule has 28 heavy (non-hydrogen) atoms. The lowest BCUT2D eigenvalue weighted by Crippen LogP contribution is -2.38. The summed E-state index contributed by atoms with van der Waals surface area (Å²) in [6.07, 6.45) is 8.46. The summed E-state index contributed by atoms with van der Waals surface area (Å²) < 4.78 is 0. The molecule has 3 N–H and O–H groups in total. The fourth-order valence-corrected chi connectivity index (χ4v) is 3.56. The van der Waals surface area contributed by atoms with Crippen LogP contribution in [0.5, 0.6) is 0 Å². The zero-order chi connectivity index (χ0) is 20.4. The van der Waals surface area contributed by atoms with Crippen LogP contribution in [0.4, 0.5) is 5.69 Å². The summed E-state index contributed by atoms with van der Waals surface area (Å²) in [6, 6.07) is 6.98. The van der Waals surface area contributed by atoms with E-state index >= 15 is 0 Å². The highest BCUT2D eigenvalue weighted by molar-refractivity contribution is 6.40. The Hall–Kier alpha value is -2.37. The molecule has 0 heterocycles. The van der Waals surface area contributed by atoms with Gasteiger partial charge in [-0.1, -0.05) is 58.1 Å². The SMILES string of the molecule is CCCC[C@@H](CC)CNC(=O)C(=O)Nc1ccccc1C(=O)NC1CCCC1. The van der Waals surface area contributed by atoms with Crippen molar-refractivity contribution in [3.05, 3.63) is 29.8 Å². The molecule has 0 bridgehead atoms. The minimum atomic E-state index is -0.744. The molecule has 0 spiro atoms. The van der Waals surface area contributed by atoms with Crippen molar-refractivity contribution in [1.82, 2.24) is 10.6 Å². The van der Waals surface area contributed by atoms with Crippen LogP contribution in [0, 0.1) is 5.92 Å². The molecule has 0 unspecified atom stereocenters. The van der Waals surface area contributed by atoms with Crippen LogP contribution in [0.2, 0.25) is 0 Å². The van der Waals surface area contributed by atoms with Crippen LogP contribution in [0.3, 0.4) is 0 Å². The number of rotatable bonds is 9. The number of carbonyl (C=O) groups is 3. The van der Waals surface area contributed by atoms with Crippen molar-refractivity contribution in [1.29, 1.82) is 0 Å². The Morgan fingerprint density at radius 2 is 1.79 bits per heavy atom. The molecule has 1 aliphatic rings. The predicted octanol–water partition coefficient (Wildman–Crippen LogP) is 3.63. The molecular formula is C22H33N3O3. The molecule has 2 rings (SSSR count). The van der Waals surface area contributed by atoms with Crippen LogP contribution >= 0.6 is 0 Å². The normalized spacial score (nSPS) is 15.1. The third kappa shape index (κ3) is 6.66. The molecular weight excluding hydrogens is 354 g/mol. The van der Waals surface area contributed by atoms with Gasteiger partial charge in [-0.15, -0.1) is 0 Å².